The van der Waals surface area contributed by atoms with Crippen LogP contribution in [0.3, 0.4) is 0 Å². The van der Waals surface area contributed by atoms with Gasteiger partial charge in [-0.2, -0.15) is 0 Å². The third kappa shape index (κ3) is 3.03. The molecule has 4 nitrogen and oxygen atoms in total. The highest BCUT2D eigenvalue weighted by molar-refractivity contribution is 5.99. The van der Waals surface area contributed by atoms with E-state index in [4.69, 9.17) is 9.47 Å². The van der Waals surface area contributed by atoms with Crippen molar-refractivity contribution in [1.82, 2.24) is 0 Å². The van der Waals surface area contributed by atoms with Gasteiger partial charge in [-0.15, -0.1) is 0 Å². The summed E-state index contributed by atoms with van der Waals surface area (Å²) in [5, 5.41) is 0. The molecule has 146 valence electrons. The molecule has 0 unspecified atom stereocenters. The van der Waals surface area contributed by atoms with Gasteiger partial charge in [-0.1, -0.05) is 37.8 Å². The Labute approximate surface area is 166 Å². The molecular formula is C24H26O4. The fourth-order valence-corrected chi connectivity index (χ4v) is 4.58. The minimum absolute atomic E-state index is 0.0474. The number of Topliss-reactive ketones (excluding diaryl/α,β-unsaturated/α-hetero) is 1. The predicted molar refractivity (Wildman–Crippen MR) is 109 cm³/mol. The van der Waals surface area contributed by atoms with Gasteiger partial charge in [0.1, 0.15) is 23.6 Å². The van der Waals surface area contributed by atoms with E-state index in [9.17, 15) is 9.59 Å². The number of allylic oxidation sites excluding steroid dienone is 1. The Bertz CT molecular complexity index is 882. The van der Waals surface area contributed by atoms with Gasteiger partial charge in [0.15, 0.2) is 0 Å². The molecule has 0 N–H and O–H groups in total. The van der Waals surface area contributed by atoms with Gasteiger partial charge in [-0.05, 0) is 47.9 Å². The molecule has 0 amide bonds. The van der Waals surface area contributed by atoms with E-state index in [-0.39, 0.29) is 23.5 Å². The van der Waals surface area contributed by atoms with Crippen LogP contribution in [0, 0.1) is 11.3 Å². The third-order valence-corrected chi connectivity index (χ3v) is 6.23. The molecule has 0 radical (unpaired) electrons. The maximum atomic E-state index is 13.4. The maximum Gasteiger partial charge on any atom is 0.147 e. The van der Waals surface area contributed by atoms with E-state index >= 15 is 0 Å². The number of methoxy groups -OCH3 is 2. The molecule has 0 spiro atoms. The van der Waals surface area contributed by atoms with Crippen LogP contribution in [0.15, 0.2) is 60.7 Å². The van der Waals surface area contributed by atoms with Gasteiger partial charge >= 0.3 is 0 Å². The van der Waals surface area contributed by atoms with Gasteiger partial charge in [-0.3, -0.25) is 9.59 Å². The van der Waals surface area contributed by atoms with Crippen LogP contribution in [0.4, 0.5) is 0 Å². The number of ketones is 1. The molecule has 0 bridgehead atoms. The van der Waals surface area contributed by atoms with Crippen LogP contribution >= 0.6 is 0 Å². The summed E-state index contributed by atoms with van der Waals surface area (Å²) in [6.07, 6.45) is 0.720. The zero-order chi connectivity index (χ0) is 20.5. The molecule has 1 aliphatic carbocycles. The summed E-state index contributed by atoms with van der Waals surface area (Å²) < 4.78 is 10.5. The second-order valence-corrected chi connectivity index (χ2v) is 7.55. The number of ether oxygens (including phenoxy) is 2. The molecule has 4 heteroatoms. The lowest BCUT2D eigenvalue weighted by Crippen LogP contribution is -2.32. The molecule has 0 aliphatic heterocycles. The summed E-state index contributed by atoms with van der Waals surface area (Å²) in [5.41, 5.74) is 1.40. The van der Waals surface area contributed by atoms with Crippen LogP contribution in [-0.2, 0) is 9.59 Å². The average Bonchev–Trinajstić information content (AvgIpc) is 2.95. The van der Waals surface area contributed by atoms with E-state index in [0.29, 0.717) is 5.57 Å². The minimum atomic E-state index is -0.958. The quantitative estimate of drug-likeness (QED) is 0.547. The molecule has 0 aromatic heterocycles. The maximum absolute atomic E-state index is 13.4. The van der Waals surface area contributed by atoms with Crippen molar-refractivity contribution in [3.8, 4) is 11.5 Å². The van der Waals surface area contributed by atoms with Crippen molar-refractivity contribution in [2.75, 3.05) is 14.2 Å². The van der Waals surface area contributed by atoms with Crippen LogP contribution in [0.2, 0.25) is 0 Å². The van der Waals surface area contributed by atoms with E-state index in [1.54, 1.807) is 14.2 Å². The Morgan fingerprint density at radius 2 is 1.43 bits per heavy atom. The Morgan fingerprint density at radius 1 is 0.964 bits per heavy atom. The largest absolute Gasteiger partial charge is 0.497 e. The smallest absolute Gasteiger partial charge is 0.147 e. The number of aldehydes is 1. The van der Waals surface area contributed by atoms with Gasteiger partial charge in [0.25, 0.3) is 0 Å². The van der Waals surface area contributed by atoms with Crippen molar-refractivity contribution >= 4 is 12.1 Å². The fourth-order valence-electron chi connectivity index (χ4n) is 4.58. The van der Waals surface area contributed by atoms with Crippen LogP contribution in [0.5, 0.6) is 11.5 Å². The summed E-state index contributed by atoms with van der Waals surface area (Å²) in [4.78, 5) is 25.0. The number of hydrogen-bond donors (Lipinski definition) is 0. The molecule has 2 aromatic carbocycles. The van der Waals surface area contributed by atoms with E-state index in [0.717, 1.165) is 28.9 Å². The van der Waals surface area contributed by atoms with E-state index in [2.05, 4.69) is 6.58 Å². The van der Waals surface area contributed by atoms with Crippen molar-refractivity contribution in [1.29, 1.82) is 0 Å². The summed E-state index contributed by atoms with van der Waals surface area (Å²) in [5.74, 6) is 1.04. The molecule has 1 saturated carbocycles. The van der Waals surface area contributed by atoms with Gasteiger partial charge < -0.3 is 9.47 Å². The summed E-state index contributed by atoms with van der Waals surface area (Å²) in [6.45, 7) is 7.73. The van der Waals surface area contributed by atoms with Crippen LogP contribution in [0.1, 0.15) is 36.8 Å². The van der Waals surface area contributed by atoms with Gasteiger partial charge in [0.2, 0.25) is 0 Å². The highest BCUT2D eigenvalue weighted by Crippen LogP contribution is 2.59. The van der Waals surface area contributed by atoms with Crippen LogP contribution in [-0.4, -0.2) is 26.3 Å². The number of hydrogen-bond acceptors (Lipinski definition) is 4. The molecule has 4 atom stereocenters. The summed E-state index contributed by atoms with van der Waals surface area (Å²) in [6, 6.07) is 15.5. The molecule has 28 heavy (non-hydrogen) atoms. The molecule has 0 heterocycles. The first-order chi connectivity index (χ1) is 13.4. The van der Waals surface area contributed by atoms with Crippen molar-refractivity contribution in [3.05, 3.63) is 71.8 Å². The van der Waals surface area contributed by atoms with Crippen LogP contribution in [0.25, 0.3) is 0 Å². The Hall–Kier alpha value is -2.88. The first-order valence-corrected chi connectivity index (χ1v) is 9.35. The highest BCUT2D eigenvalue weighted by Gasteiger charge is 2.57. The zero-order valence-corrected chi connectivity index (χ0v) is 16.8. The van der Waals surface area contributed by atoms with Gasteiger partial charge in [0.05, 0.1) is 19.6 Å². The predicted octanol–water partition coefficient (Wildman–Crippen LogP) is 4.55. The highest BCUT2D eigenvalue weighted by atomic mass is 16.5. The zero-order valence-electron chi connectivity index (χ0n) is 16.8. The molecular weight excluding hydrogens is 352 g/mol. The van der Waals surface area contributed by atoms with Crippen LogP contribution < -0.4 is 9.47 Å². The fraction of sp³-hybridized carbons (Fsp3) is 0.333. The third-order valence-electron chi connectivity index (χ3n) is 6.23. The van der Waals surface area contributed by atoms with Gasteiger partial charge in [-0.25, -0.2) is 0 Å². The summed E-state index contributed by atoms with van der Waals surface area (Å²) in [7, 11) is 3.25. The SMILES string of the molecule is C=C(C=O)[C@]1(C)C(=O)[C@@H](C)[C@H](c2ccc(OC)cc2)[C@H]1c1ccc(OC)cc1. The van der Waals surface area contributed by atoms with Gasteiger partial charge in [0, 0.05) is 17.8 Å². The number of benzene rings is 2. The Morgan fingerprint density at radius 3 is 1.86 bits per heavy atom. The normalized spacial score (nSPS) is 26.7. The summed E-state index contributed by atoms with van der Waals surface area (Å²) >= 11 is 0. The molecule has 1 fully saturated rings. The molecule has 1 aliphatic rings. The van der Waals surface area contributed by atoms with Crippen molar-refractivity contribution in [3.63, 3.8) is 0 Å². The standard InChI is InChI=1S/C24H26O4/c1-15(14-25)24(3)22(18-8-12-20(28-5)13-9-18)21(16(2)23(24)26)17-6-10-19(27-4)11-7-17/h6-14,16,21-22H,1H2,2-5H3/t16-,21+,22+,24-/m0/s1. The number of carbonyl (C=O) groups excluding carboxylic acids is 2. The van der Waals surface area contributed by atoms with Crippen molar-refractivity contribution < 1.29 is 19.1 Å². The lowest BCUT2D eigenvalue weighted by molar-refractivity contribution is -0.127. The second kappa shape index (κ2) is 7.63. The minimum Gasteiger partial charge on any atom is -0.497 e. The van der Waals surface area contributed by atoms with Crippen molar-refractivity contribution in [2.45, 2.75) is 25.7 Å². The lowest BCUT2D eigenvalue weighted by atomic mass is 9.68. The van der Waals surface area contributed by atoms with E-state index in [1.165, 1.54) is 0 Å². The van der Waals surface area contributed by atoms with E-state index < -0.39 is 5.41 Å². The Kier molecular flexibility index (Phi) is 5.41. The molecule has 0 saturated heterocycles. The molecule has 2 aromatic rings. The molecule has 3 rings (SSSR count). The lowest BCUT2D eigenvalue weighted by Gasteiger charge is -2.33. The number of carbonyl (C=O) groups is 2. The Balaban J connectivity index is 2.17. The topological polar surface area (TPSA) is 52.6 Å². The second-order valence-electron chi connectivity index (χ2n) is 7.55. The number of rotatable bonds is 6. The van der Waals surface area contributed by atoms with E-state index in [1.807, 2.05) is 62.4 Å². The van der Waals surface area contributed by atoms with Crippen molar-refractivity contribution in [2.24, 2.45) is 11.3 Å². The average molecular weight is 378 g/mol. The monoisotopic (exact) mass is 378 g/mol. The first kappa shape index (κ1) is 19.9. The first-order valence-electron chi connectivity index (χ1n) is 9.35.